The van der Waals surface area contributed by atoms with Crippen LogP contribution in [0.4, 0.5) is 11.6 Å². The number of nitrogens with zero attached hydrogens (tertiary/aromatic N) is 2. The summed E-state index contributed by atoms with van der Waals surface area (Å²) >= 11 is 12.6. The third kappa shape index (κ3) is 4.28. The van der Waals surface area contributed by atoms with Crippen LogP contribution in [0, 0.1) is 0 Å². The van der Waals surface area contributed by atoms with Crippen LogP contribution in [-0.2, 0) is 11.8 Å². The second kappa shape index (κ2) is 8.54. The first-order valence-electron chi connectivity index (χ1n) is 9.87. The van der Waals surface area contributed by atoms with Crippen molar-refractivity contribution in [3.8, 4) is 22.8 Å². The molecule has 0 fully saturated rings. The smallest absolute Gasteiger partial charge is 0.227 e. The number of aromatic nitrogens is 2. The number of nitrogens with one attached hydrogen (secondary N) is 1. The highest BCUT2D eigenvalue weighted by Gasteiger charge is 2.32. The molecule has 2 aromatic carbocycles. The van der Waals surface area contributed by atoms with E-state index in [-0.39, 0.29) is 18.6 Å². The summed E-state index contributed by atoms with van der Waals surface area (Å²) in [5, 5.41) is 12.8. The minimum Gasteiger partial charge on any atom is -0.497 e. The zero-order valence-corrected chi connectivity index (χ0v) is 19.0. The van der Waals surface area contributed by atoms with Gasteiger partial charge in [0.25, 0.3) is 0 Å². The lowest BCUT2D eigenvalue weighted by molar-refractivity contribution is 0.201. The molecule has 2 N–H and O–H groups in total. The van der Waals surface area contributed by atoms with Gasteiger partial charge in [-0.2, -0.15) is 0 Å². The van der Waals surface area contributed by atoms with E-state index >= 15 is 0 Å². The molecule has 162 valence electrons. The molecule has 0 unspecified atom stereocenters. The van der Waals surface area contributed by atoms with Crippen molar-refractivity contribution >= 4 is 34.8 Å². The van der Waals surface area contributed by atoms with Crippen LogP contribution in [0.2, 0.25) is 10.0 Å². The number of benzene rings is 2. The number of aliphatic hydroxyl groups excluding tert-OH is 1. The van der Waals surface area contributed by atoms with Crippen LogP contribution in [-0.4, -0.2) is 35.4 Å². The van der Waals surface area contributed by atoms with Gasteiger partial charge in [-0.1, -0.05) is 43.1 Å². The molecular formula is C23H23Cl2N3O3. The van der Waals surface area contributed by atoms with Crippen LogP contribution in [0.1, 0.15) is 25.0 Å². The molecule has 1 heterocycles. The Morgan fingerprint density at radius 1 is 1.16 bits per heavy atom. The third-order valence-corrected chi connectivity index (χ3v) is 5.86. The Morgan fingerprint density at radius 2 is 1.90 bits per heavy atom. The Kier molecular flexibility index (Phi) is 5.97. The van der Waals surface area contributed by atoms with Gasteiger partial charge in [0, 0.05) is 17.4 Å². The van der Waals surface area contributed by atoms with Gasteiger partial charge in [-0.3, -0.25) is 0 Å². The normalized spacial score (nSPS) is 13.9. The van der Waals surface area contributed by atoms with E-state index in [1.54, 1.807) is 19.2 Å². The van der Waals surface area contributed by atoms with E-state index in [1.807, 2.05) is 18.3 Å². The molecule has 4 rings (SSSR count). The standard InChI is InChI=1S/C23H23Cl2N3O3/c1-23(2)11-13-12-26-22(28-20(13)16-10-15(30-3)4-5-17(16)23)27-14-8-18(24)21(19(25)9-14)31-7-6-29/h4-5,8-10,12,29H,6-7,11H2,1-3H3,(H,26,27,28). The van der Waals surface area contributed by atoms with E-state index in [4.69, 9.17) is 42.8 Å². The molecule has 0 aliphatic heterocycles. The molecule has 1 aliphatic rings. The summed E-state index contributed by atoms with van der Waals surface area (Å²) in [5.74, 6) is 1.55. The number of hydrogen-bond acceptors (Lipinski definition) is 6. The van der Waals surface area contributed by atoms with Crippen molar-refractivity contribution in [1.82, 2.24) is 9.97 Å². The number of hydrogen-bond donors (Lipinski definition) is 2. The Hall–Kier alpha value is -2.54. The number of ether oxygens (including phenoxy) is 2. The predicted octanol–water partition coefficient (Wildman–Crippen LogP) is 5.41. The van der Waals surface area contributed by atoms with Gasteiger partial charge in [-0.15, -0.1) is 0 Å². The second-order valence-corrected chi connectivity index (χ2v) is 8.82. The number of methoxy groups -OCH3 is 1. The summed E-state index contributed by atoms with van der Waals surface area (Å²) in [4.78, 5) is 9.29. The topological polar surface area (TPSA) is 76.5 Å². The Bertz CT molecular complexity index is 1110. The molecule has 0 spiro atoms. The number of halogens is 2. The summed E-state index contributed by atoms with van der Waals surface area (Å²) < 4.78 is 10.8. The molecule has 0 amide bonds. The summed E-state index contributed by atoms with van der Waals surface area (Å²) in [6.45, 7) is 4.42. The van der Waals surface area contributed by atoms with Crippen molar-refractivity contribution in [2.75, 3.05) is 25.6 Å². The fourth-order valence-corrected chi connectivity index (χ4v) is 4.48. The quantitative estimate of drug-likeness (QED) is 0.513. The summed E-state index contributed by atoms with van der Waals surface area (Å²) in [6.07, 6.45) is 2.70. The van der Waals surface area contributed by atoms with E-state index in [0.717, 1.165) is 29.0 Å². The molecule has 0 atom stereocenters. The molecule has 1 aromatic heterocycles. The Balaban J connectivity index is 1.69. The monoisotopic (exact) mass is 459 g/mol. The first-order valence-corrected chi connectivity index (χ1v) is 10.6. The molecule has 0 saturated carbocycles. The van der Waals surface area contributed by atoms with Gasteiger partial charge < -0.3 is 19.9 Å². The van der Waals surface area contributed by atoms with Crippen molar-refractivity contribution in [1.29, 1.82) is 0 Å². The van der Waals surface area contributed by atoms with Gasteiger partial charge in [0.2, 0.25) is 5.95 Å². The summed E-state index contributed by atoms with van der Waals surface area (Å²) in [5.41, 5.74) is 4.83. The molecule has 3 aromatic rings. The molecule has 0 saturated heterocycles. The van der Waals surface area contributed by atoms with Gasteiger partial charge in [0.15, 0.2) is 5.75 Å². The van der Waals surface area contributed by atoms with E-state index < -0.39 is 0 Å². The largest absolute Gasteiger partial charge is 0.497 e. The first kappa shape index (κ1) is 21.7. The predicted molar refractivity (Wildman–Crippen MR) is 123 cm³/mol. The minimum atomic E-state index is -0.126. The van der Waals surface area contributed by atoms with Crippen LogP contribution >= 0.6 is 23.2 Å². The van der Waals surface area contributed by atoms with Gasteiger partial charge >= 0.3 is 0 Å². The minimum absolute atomic E-state index is 0.0294. The lowest BCUT2D eigenvalue weighted by Gasteiger charge is -2.33. The summed E-state index contributed by atoms with van der Waals surface area (Å²) in [7, 11) is 1.66. The number of aliphatic hydroxyl groups is 1. The van der Waals surface area contributed by atoms with Crippen molar-refractivity contribution in [2.45, 2.75) is 25.7 Å². The van der Waals surface area contributed by atoms with Gasteiger partial charge in [0.1, 0.15) is 12.4 Å². The maximum absolute atomic E-state index is 8.94. The molecule has 31 heavy (non-hydrogen) atoms. The lowest BCUT2D eigenvalue weighted by Crippen LogP contribution is -2.26. The van der Waals surface area contributed by atoms with Gasteiger partial charge in [0.05, 0.1) is 29.5 Å². The molecule has 8 heteroatoms. The van der Waals surface area contributed by atoms with Crippen molar-refractivity contribution in [2.24, 2.45) is 0 Å². The maximum atomic E-state index is 8.94. The molecule has 6 nitrogen and oxygen atoms in total. The maximum Gasteiger partial charge on any atom is 0.227 e. The number of fused-ring (bicyclic) bond motifs is 3. The number of rotatable bonds is 6. The van der Waals surface area contributed by atoms with Crippen LogP contribution in [0.3, 0.4) is 0 Å². The van der Waals surface area contributed by atoms with Gasteiger partial charge in [-0.25, -0.2) is 9.97 Å². The van der Waals surface area contributed by atoms with Crippen LogP contribution in [0.5, 0.6) is 11.5 Å². The fraction of sp³-hybridized carbons (Fsp3) is 0.304. The molecular weight excluding hydrogens is 437 g/mol. The SMILES string of the molecule is COc1ccc2c(c1)-c1nc(Nc3cc(Cl)c(OCCO)c(Cl)c3)ncc1CC2(C)C. The van der Waals surface area contributed by atoms with Crippen LogP contribution < -0.4 is 14.8 Å². The summed E-state index contributed by atoms with van der Waals surface area (Å²) in [6, 6.07) is 9.48. The van der Waals surface area contributed by atoms with E-state index in [0.29, 0.717) is 27.4 Å². The molecule has 0 radical (unpaired) electrons. The third-order valence-electron chi connectivity index (χ3n) is 5.30. The Morgan fingerprint density at radius 3 is 2.58 bits per heavy atom. The fourth-order valence-electron chi connectivity index (χ4n) is 3.88. The van der Waals surface area contributed by atoms with Crippen molar-refractivity contribution in [3.05, 3.63) is 57.7 Å². The highest BCUT2D eigenvalue weighted by atomic mass is 35.5. The highest BCUT2D eigenvalue weighted by molar-refractivity contribution is 6.37. The molecule has 1 aliphatic carbocycles. The average molecular weight is 460 g/mol. The second-order valence-electron chi connectivity index (χ2n) is 8.01. The van der Waals surface area contributed by atoms with Crippen molar-refractivity contribution in [3.63, 3.8) is 0 Å². The van der Waals surface area contributed by atoms with E-state index in [1.165, 1.54) is 5.56 Å². The molecule has 0 bridgehead atoms. The van der Waals surface area contributed by atoms with Gasteiger partial charge in [-0.05, 0) is 47.2 Å². The zero-order valence-electron chi connectivity index (χ0n) is 17.5. The van der Waals surface area contributed by atoms with Crippen LogP contribution in [0.15, 0.2) is 36.5 Å². The highest BCUT2D eigenvalue weighted by Crippen LogP contribution is 2.44. The zero-order chi connectivity index (χ0) is 22.2. The number of anilines is 2. The van der Waals surface area contributed by atoms with E-state index in [9.17, 15) is 0 Å². The Labute approximate surface area is 191 Å². The lowest BCUT2D eigenvalue weighted by atomic mass is 9.72. The van der Waals surface area contributed by atoms with Crippen LogP contribution in [0.25, 0.3) is 11.3 Å². The van der Waals surface area contributed by atoms with Crippen molar-refractivity contribution < 1.29 is 14.6 Å². The first-order chi connectivity index (χ1) is 14.8. The average Bonchev–Trinajstić information content (AvgIpc) is 2.73. The van der Waals surface area contributed by atoms with E-state index in [2.05, 4.69) is 30.2 Å².